The molecule has 25 heavy (non-hydrogen) atoms. The van der Waals surface area contributed by atoms with Crippen molar-refractivity contribution in [3.63, 3.8) is 0 Å². The van der Waals surface area contributed by atoms with Gasteiger partial charge in [0.1, 0.15) is 4.34 Å². The number of thiophene rings is 1. The zero-order valence-corrected chi connectivity index (χ0v) is 17.8. The van der Waals surface area contributed by atoms with Crippen LogP contribution < -0.4 is 10.8 Å². The minimum atomic E-state index is -1.25. The van der Waals surface area contributed by atoms with Crippen LogP contribution in [0.25, 0.3) is 0 Å². The SMILES string of the molecule is CCCCCCCCCCCCCC[NH3+].O=C([O-])c1cc(Cl)c(Cl)s1. The third-order valence-electron chi connectivity index (χ3n) is 3.95. The van der Waals surface area contributed by atoms with Crippen LogP contribution in [0.5, 0.6) is 0 Å². The first-order valence-electron chi connectivity index (χ1n) is 9.48. The molecule has 1 aromatic heterocycles. The number of halogens is 2. The lowest BCUT2D eigenvalue weighted by atomic mass is 10.1. The Morgan fingerprint density at radius 3 is 1.68 bits per heavy atom. The topological polar surface area (TPSA) is 67.8 Å². The Balaban J connectivity index is 0.000000496. The Morgan fingerprint density at radius 1 is 0.960 bits per heavy atom. The number of rotatable bonds is 13. The molecule has 6 heteroatoms. The highest BCUT2D eigenvalue weighted by Gasteiger charge is 2.04. The van der Waals surface area contributed by atoms with Crippen molar-refractivity contribution in [3.8, 4) is 0 Å². The van der Waals surface area contributed by atoms with Gasteiger partial charge < -0.3 is 15.6 Å². The van der Waals surface area contributed by atoms with E-state index in [-0.39, 0.29) is 14.2 Å². The van der Waals surface area contributed by atoms with E-state index < -0.39 is 5.97 Å². The van der Waals surface area contributed by atoms with E-state index >= 15 is 0 Å². The van der Waals surface area contributed by atoms with Crippen LogP contribution in [0.15, 0.2) is 6.07 Å². The molecule has 0 saturated heterocycles. The van der Waals surface area contributed by atoms with Crippen molar-refractivity contribution in [2.75, 3.05) is 6.54 Å². The summed E-state index contributed by atoms with van der Waals surface area (Å²) in [4.78, 5) is 10.2. The molecule has 1 heterocycles. The minimum absolute atomic E-state index is 0.0509. The van der Waals surface area contributed by atoms with Crippen LogP contribution >= 0.6 is 34.5 Å². The van der Waals surface area contributed by atoms with E-state index in [1.807, 2.05) is 0 Å². The van der Waals surface area contributed by atoms with Crippen molar-refractivity contribution in [3.05, 3.63) is 20.3 Å². The number of carboxylic acid groups (broad SMARTS) is 1. The first kappa shape index (κ1) is 24.7. The molecule has 0 aliphatic rings. The molecule has 0 aliphatic heterocycles. The van der Waals surface area contributed by atoms with E-state index in [1.54, 1.807) is 0 Å². The Bertz CT molecular complexity index is 421. The van der Waals surface area contributed by atoms with Crippen LogP contribution in [0.4, 0.5) is 0 Å². The second-order valence-corrected chi connectivity index (χ2v) is 8.32. The van der Waals surface area contributed by atoms with E-state index in [0.29, 0.717) is 0 Å². The molecule has 0 aromatic carbocycles. The van der Waals surface area contributed by atoms with E-state index in [9.17, 15) is 9.90 Å². The summed E-state index contributed by atoms with van der Waals surface area (Å²) in [5.41, 5.74) is 3.87. The van der Waals surface area contributed by atoms with Gasteiger partial charge in [0.05, 0.1) is 22.4 Å². The summed E-state index contributed by atoms with van der Waals surface area (Å²) in [6.07, 6.45) is 17.2. The molecular weight excluding hydrogens is 377 g/mol. The van der Waals surface area contributed by atoms with Crippen molar-refractivity contribution >= 4 is 40.5 Å². The largest absolute Gasteiger partial charge is 0.544 e. The quantitative estimate of drug-likeness (QED) is 0.446. The normalized spacial score (nSPS) is 10.4. The smallest absolute Gasteiger partial charge is 0.112 e. The highest BCUT2D eigenvalue weighted by molar-refractivity contribution is 7.18. The minimum Gasteiger partial charge on any atom is -0.544 e. The van der Waals surface area contributed by atoms with Gasteiger partial charge >= 0.3 is 0 Å². The highest BCUT2D eigenvalue weighted by atomic mass is 35.5. The van der Waals surface area contributed by atoms with Crippen molar-refractivity contribution in [1.82, 2.24) is 0 Å². The Morgan fingerprint density at radius 2 is 1.40 bits per heavy atom. The molecule has 0 unspecified atom stereocenters. The Hall–Kier alpha value is -0.290. The molecule has 146 valence electrons. The monoisotopic (exact) mass is 409 g/mol. The molecule has 0 spiro atoms. The summed E-state index contributed by atoms with van der Waals surface area (Å²) in [7, 11) is 0. The molecule has 3 nitrogen and oxygen atoms in total. The second kappa shape index (κ2) is 17.1. The van der Waals surface area contributed by atoms with E-state index in [0.717, 1.165) is 17.9 Å². The maximum atomic E-state index is 10.1. The standard InChI is InChI=1S/C14H31N.C5H2Cl2O2S/c1-2-3-4-5-6-7-8-9-10-11-12-13-14-15;6-2-1-3(5(8)9)10-4(2)7/h2-15H2,1H3;1H,(H,8,9). The molecule has 3 N–H and O–H groups in total. The number of quaternary nitrogens is 1. The fourth-order valence-corrected chi connectivity index (χ4v) is 3.67. The van der Waals surface area contributed by atoms with Crippen molar-refractivity contribution < 1.29 is 15.6 Å². The molecule has 0 amide bonds. The third kappa shape index (κ3) is 14.6. The van der Waals surface area contributed by atoms with Gasteiger partial charge in [0.2, 0.25) is 0 Å². The third-order valence-corrected chi connectivity index (χ3v) is 5.80. The van der Waals surface area contributed by atoms with Gasteiger partial charge in [-0.2, -0.15) is 0 Å². The molecule has 0 atom stereocenters. The molecule has 0 fully saturated rings. The zero-order valence-electron chi connectivity index (χ0n) is 15.5. The number of carbonyl (C=O) groups excluding carboxylic acids is 1. The number of aromatic carboxylic acids is 1. The van der Waals surface area contributed by atoms with E-state index in [4.69, 9.17) is 23.2 Å². The predicted molar refractivity (Wildman–Crippen MR) is 108 cm³/mol. The number of hydrogen-bond donors (Lipinski definition) is 1. The van der Waals surface area contributed by atoms with Gasteiger partial charge in [0.15, 0.2) is 0 Å². The highest BCUT2D eigenvalue weighted by Crippen LogP contribution is 2.30. The van der Waals surface area contributed by atoms with Gasteiger partial charge in [-0.25, -0.2) is 0 Å². The molecule has 1 rings (SSSR count). The number of carbonyl (C=O) groups is 1. The number of hydrogen-bond acceptors (Lipinski definition) is 3. The summed E-state index contributed by atoms with van der Waals surface area (Å²) in [6, 6.07) is 1.27. The molecular formula is C19H33Cl2NO2S. The number of unbranched alkanes of at least 4 members (excludes halogenated alkanes) is 11. The van der Waals surface area contributed by atoms with Crippen LogP contribution in [-0.2, 0) is 0 Å². The van der Waals surface area contributed by atoms with Crippen molar-refractivity contribution in [2.24, 2.45) is 0 Å². The number of carboxylic acids is 1. The van der Waals surface area contributed by atoms with Crippen LogP contribution in [0.3, 0.4) is 0 Å². The molecule has 0 bridgehead atoms. The predicted octanol–water partition coefficient (Wildman–Crippen LogP) is 5.35. The van der Waals surface area contributed by atoms with Crippen molar-refractivity contribution in [2.45, 2.75) is 84.0 Å². The molecule has 0 saturated carbocycles. The fraction of sp³-hybridized carbons (Fsp3) is 0.737. The van der Waals surface area contributed by atoms with Crippen molar-refractivity contribution in [1.29, 1.82) is 0 Å². The van der Waals surface area contributed by atoms with E-state index in [1.165, 1.54) is 83.1 Å². The first-order valence-corrected chi connectivity index (χ1v) is 11.1. The van der Waals surface area contributed by atoms with Crippen LogP contribution in [-0.4, -0.2) is 12.5 Å². The van der Waals surface area contributed by atoms with Gasteiger partial charge in [-0.15, -0.1) is 11.3 Å². The van der Waals surface area contributed by atoms with Gasteiger partial charge in [0, 0.05) is 0 Å². The van der Waals surface area contributed by atoms with Crippen LogP contribution in [0, 0.1) is 0 Å². The first-order chi connectivity index (χ1) is 12.0. The van der Waals surface area contributed by atoms with Crippen LogP contribution in [0.2, 0.25) is 9.36 Å². The Kier molecular flexibility index (Phi) is 16.9. The summed E-state index contributed by atoms with van der Waals surface area (Å²) >= 11 is 11.8. The average molecular weight is 410 g/mol. The fourth-order valence-electron chi connectivity index (χ4n) is 2.46. The van der Waals surface area contributed by atoms with Gasteiger partial charge in [-0.1, -0.05) is 94.3 Å². The van der Waals surface area contributed by atoms with E-state index in [2.05, 4.69) is 12.7 Å². The lowest BCUT2D eigenvalue weighted by molar-refractivity contribution is -0.368. The summed E-state index contributed by atoms with van der Waals surface area (Å²) in [5, 5.41) is 10.4. The molecule has 1 aromatic rings. The maximum Gasteiger partial charge on any atom is 0.112 e. The Labute approximate surface area is 166 Å². The second-order valence-electron chi connectivity index (χ2n) is 6.26. The molecule has 0 aliphatic carbocycles. The summed E-state index contributed by atoms with van der Waals surface area (Å²) in [5.74, 6) is -1.25. The summed E-state index contributed by atoms with van der Waals surface area (Å²) < 4.78 is 0.279. The van der Waals surface area contributed by atoms with Gasteiger partial charge in [-0.05, 0) is 18.9 Å². The lowest BCUT2D eigenvalue weighted by Crippen LogP contribution is -2.50. The van der Waals surface area contributed by atoms with Gasteiger partial charge in [-0.3, -0.25) is 0 Å². The van der Waals surface area contributed by atoms with Crippen LogP contribution in [0.1, 0.15) is 93.6 Å². The lowest BCUT2D eigenvalue weighted by Gasteiger charge is -2.01. The maximum absolute atomic E-state index is 10.1. The average Bonchev–Trinajstić information content (AvgIpc) is 2.93. The zero-order chi connectivity index (χ0) is 18.9. The van der Waals surface area contributed by atoms with Gasteiger partial charge in [0.25, 0.3) is 0 Å². The molecule has 0 radical (unpaired) electrons. The summed E-state index contributed by atoms with van der Waals surface area (Å²) in [6.45, 7) is 3.41.